The maximum Gasteiger partial charge on any atom is 0.534 e. The van der Waals surface area contributed by atoms with E-state index in [4.69, 9.17) is 34.7 Å². The number of para-hydroxylation sites is 1. The average Bonchev–Trinajstić information content (AvgIpc) is 4.22. The van der Waals surface area contributed by atoms with E-state index in [2.05, 4.69) is 14.5 Å². The van der Waals surface area contributed by atoms with Crippen LogP contribution in [0.4, 0.5) is 4.79 Å². The fourth-order valence-corrected chi connectivity index (χ4v) is 10.1. The highest BCUT2D eigenvalue weighted by molar-refractivity contribution is 7.85. The number of ether oxygens (including phenoxy) is 4. The number of Topliss-reactive ketones (excluding diaryl/α,β-unsaturated/α-hetero) is 1. The second-order valence-corrected chi connectivity index (χ2v) is 22.7. The van der Waals surface area contributed by atoms with Gasteiger partial charge in [0.2, 0.25) is 17.7 Å². The Morgan fingerprint density at radius 1 is 0.928 bits per heavy atom. The van der Waals surface area contributed by atoms with Crippen LogP contribution >= 0.6 is 11.6 Å². The topological polar surface area (TPSA) is 240 Å². The van der Waals surface area contributed by atoms with Crippen molar-refractivity contribution in [3.05, 3.63) is 29.3 Å². The molecule has 21 heteroatoms. The number of imide groups is 1. The first-order valence-corrected chi connectivity index (χ1v) is 25.5. The van der Waals surface area contributed by atoms with Gasteiger partial charge in [-0.1, -0.05) is 56.8 Å². The van der Waals surface area contributed by atoms with Crippen LogP contribution in [0.2, 0.25) is 5.02 Å². The third-order valence-electron chi connectivity index (χ3n) is 13.9. The number of benzene rings is 1. The Kier molecular flexibility index (Phi) is 14.4. The molecule has 0 spiro atoms. The molecule has 0 unspecified atom stereocenters. The quantitative estimate of drug-likeness (QED) is 0.119. The van der Waals surface area contributed by atoms with Crippen molar-refractivity contribution in [2.75, 3.05) is 13.2 Å². The van der Waals surface area contributed by atoms with Gasteiger partial charge < -0.3 is 23.8 Å². The minimum Gasteiger partial charge on any atom is -0.488 e. The molecular formula is C48H63ClN4O15S. The smallest absolute Gasteiger partial charge is 0.488 e. The summed E-state index contributed by atoms with van der Waals surface area (Å²) in [6.07, 6.45) is 3.19. The summed E-state index contributed by atoms with van der Waals surface area (Å²) in [4.78, 5) is 99.9. The van der Waals surface area contributed by atoms with Crippen LogP contribution < -0.4 is 14.2 Å². The lowest BCUT2D eigenvalue weighted by molar-refractivity contribution is -0.179. The molecule has 2 saturated heterocycles. The van der Waals surface area contributed by atoms with E-state index in [0.717, 1.165) is 25.7 Å². The number of ketones is 1. The van der Waals surface area contributed by atoms with Crippen LogP contribution in [0.25, 0.3) is 10.9 Å². The summed E-state index contributed by atoms with van der Waals surface area (Å²) < 4.78 is 55.9. The van der Waals surface area contributed by atoms with Crippen LogP contribution in [0.5, 0.6) is 11.6 Å². The van der Waals surface area contributed by atoms with E-state index in [1.54, 1.807) is 32.0 Å². The highest BCUT2D eigenvalue weighted by Gasteiger charge is 2.62. The summed E-state index contributed by atoms with van der Waals surface area (Å²) in [7, 11) is -4.41. The predicted octanol–water partition coefficient (Wildman–Crippen LogP) is 6.85. The van der Waals surface area contributed by atoms with Crippen molar-refractivity contribution in [2.45, 2.75) is 168 Å². The molecule has 8 rings (SSSR count). The first kappa shape index (κ1) is 51.8. The number of nitrogens with zero attached hydrogens (tertiary/aromatic N) is 3. The van der Waals surface area contributed by atoms with Gasteiger partial charge in [0.05, 0.1) is 53.1 Å². The molecule has 6 fully saturated rings. The molecule has 5 atom stereocenters. The van der Waals surface area contributed by atoms with E-state index in [1.165, 1.54) is 4.90 Å². The summed E-state index contributed by atoms with van der Waals surface area (Å²) in [5.74, 6) is -3.45. The van der Waals surface area contributed by atoms with Gasteiger partial charge in [-0.25, -0.2) is 18.7 Å². The normalized spacial score (nSPS) is 25.1. The molecule has 0 bridgehead atoms. The van der Waals surface area contributed by atoms with Gasteiger partial charge in [-0.2, -0.15) is 8.42 Å². The molecule has 1 aromatic heterocycles. The molecule has 0 radical (unpaired) electrons. The van der Waals surface area contributed by atoms with Gasteiger partial charge in [-0.05, 0) is 96.1 Å². The maximum atomic E-state index is 14.7. The van der Waals surface area contributed by atoms with Gasteiger partial charge in [0.1, 0.15) is 23.1 Å². The Bertz CT molecular complexity index is 2500. The van der Waals surface area contributed by atoms with Crippen molar-refractivity contribution < 1.29 is 69.9 Å². The second-order valence-electron chi connectivity index (χ2n) is 21.1. The number of hydrogen-bond acceptors (Lipinski definition) is 16. The van der Waals surface area contributed by atoms with Crippen molar-refractivity contribution in [2.24, 2.45) is 22.7 Å². The standard InChI is InChI=1S/C39H52ClN3O10S.C9H11NO5/c1-8-23-20-39(23,35(47)42-54(48,49)53-38(7)15-16-38)21-29(44)28-17-24(51-30-19-31(50-9-2)41-33-25(30)11-10-12-27(33)40)22-43(28)34(46)26(36(3,4)5)18-32(45)52-37(6)13-14-37;1-9(4-5-9)14-8(13)15-10-6(11)2-3-7(10)12/h10-12,19,23-24,26,28H,8-9,13-18,20-22H2,1-7H3,(H,42,47);2-5H2,1H3/t23-,24-,26-,28+,39-;/m1./s1. The molecule has 378 valence electrons. The maximum absolute atomic E-state index is 14.7. The van der Waals surface area contributed by atoms with E-state index in [0.29, 0.717) is 64.9 Å². The van der Waals surface area contributed by atoms with E-state index < -0.39 is 97.5 Å². The van der Waals surface area contributed by atoms with Crippen molar-refractivity contribution in [1.29, 1.82) is 0 Å². The number of nitrogens with one attached hydrogen (secondary N) is 1. The number of hydroxylamine groups is 2. The van der Waals surface area contributed by atoms with Gasteiger partial charge in [0.25, 0.3) is 11.8 Å². The molecule has 6 aliphatic rings. The molecule has 69 heavy (non-hydrogen) atoms. The predicted molar refractivity (Wildman–Crippen MR) is 246 cm³/mol. The summed E-state index contributed by atoms with van der Waals surface area (Å²) in [5, 5.41) is 1.49. The van der Waals surface area contributed by atoms with Crippen molar-refractivity contribution in [3.8, 4) is 11.6 Å². The SMILES string of the molecule is CC1(OC(=O)ON2C(=O)CCC2=O)CC1.CCOc1cc(O[C@@H]2C[C@@H](C(=O)C[C@]3(C(=O)NS(=O)(=O)OC4(C)CC4)C[C@H]3CC)N(C(=O)[C@@H](CC(=O)OC3(C)CC3)C(C)(C)C)C2)c2cccc(Cl)c2n1. The Labute approximate surface area is 407 Å². The third kappa shape index (κ3) is 12.5. The molecule has 4 aliphatic carbocycles. The monoisotopic (exact) mass is 1000 g/mol. The molecule has 1 N–H and O–H groups in total. The number of rotatable bonds is 18. The largest absolute Gasteiger partial charge is 0.534 e. The van der Waals surface area contributed by atoms with Gasteiger partial charge in [-0.3, -0.25) is 33.6 Å². The van der Waals surface area contributed by atoms with Crippen molar-refractivity contribution in [3.63, 3.8) is 0 Å². The molecule has 3 heterocycles. The van der Waals surface area contributed by atoms with Crippen LogP contribution in [0.3, 0.4) is 0 Å². The van der Waals surface area contributed by atoms with E-state index in [9.17, 15) is 42.0 Å². The molecule has 4 amide bonds. The lowest BCUT2D eigenvalue weighted by Gasteiger charge is -2.35. The fourth-order valence-electron chi connectivity index (χ4n) is 8.73. The molecule has 2 aromatic rings. The third-order valence-corrected chi connectivity index (χ3v) is 15.2. The van der Waals surface area contributed by atoms with E-state index in [-0.39, 0.29) is 44.6 Å². The zero-order valence-corrected chi connectivity index (χ0v) is 42.0. The molecule has 2 aliphatic heterocycles. The number of likely N-dealkylation sites (tertiary alicyclic amines) is 1. The molecule has 19 nitrogen and oxygen atoms in total. The van der Waals surface area contributed by atoms with Crippen LogP contribution in [0.1, 0.15) is 139 Å². The zero-order valence-electron chi connectivity index (χ0n) is 40.5. The van der Waals surface area contributed by atoms with Crippen LogP contribution in [-0.4, -0.2) is 107 Å². The number of hydrogen-bond donors (Lipinski definition) is 1. The lowest BCUT2D eigenvalue weighted by Crippen LogP contribution is -2.48. The number of carbonyl (C=O) groups is 7. The molecule has 4 saturated carbocycles. The van der Waals surface area contributed by atoms with Gasteiger partial charge in [0, 0.05) is 37.1 Å². The van der Waals surface area contributed by atoms with Gasteiger partial charge in [0.15, 0.2) is 5.78 Å². The first-order valence-electron chi connectivity index (χ1n) is 23.7. The number of esters is 1. The minimum absolute atomic E-state index is 0.0140. The van der Waals surface area contributed by atoms with E-state index >= 15 is 0 Å². The van der Waals surface area contributed by atoms with Crippen LogP contribution in [-0.2, 0) is 57.6 Å². The van der Waals surface area contributed by atoms with Gasteiger partial charge in [-0.15, -0.1) is 0 Å². The number of halogens is 1. The summed E-state index contributed by atoms with van der Waals surface area (Å²) in [6.45, 7) is 15.0. The summed E-state index contributed by atoms with van der Waals surface area (Å²) in [6, 6.07) is 5.91. The van der Waals surface area contributed by atoms with Crippen LogP contribution in [0.15, 0.2) is 24.3 Å². The number of carbonyl (C=O) groups excluding carboxylic acids is 7. The van der Waals surface area contributed by atoms with Gasteiger partial charge >= 0.3 is 22.4 Å². The Hall–Kier alpha value is -5.08. The Balaban J connectivity index is 0.000000397. The Morgan fingerprint density at radius 3 is 2.12 bits per heavy atom. The second kappa shape index (κ2) is 19.3. The van der Waals surface area contributed by atoms with E-state index in [1.807, 2.05) is 47.6 Å². The minimum atomic E-state index is -4.41. The number of fused-ring (bicyclic) bond motifs is 1. The molecular weight excluding hydrogens is 940 g/mol. The first-order chi connectivity index (χ1) is 32.2. The van der Waals surface area contributed by atoms with Crippen molar-refractivity contribution in [1.82, 2.24) is 19.7 Å². The fraction of sp³-hybridized carbons (Fsp3) is 0.667. The number of amides is 4. The summed E-state index contributed by atoms with van der Waals surface area (Å²) >= 11 is 6.51. The highest BCUT2D eigenvalue weighted by atomic mass is 35.5. The Morgan fingerprint density at radius 2 is 1.55 bits per heavy atom. The molecule has 1 aromatic carbocycles. The lowest BCUT2D eigenvalue weighted by atomic mass is 9.77. The number of aromatic nitrogens is 1. The highest BCUT2D eigenvalue weighted by Crippen LogP contribution is 2.58. The zero-order chi connectivity index (χ0) is 50.5. The van der Waals surface area contributed by atoms with Crippen LogP contribution in [0, 0.1) is 22.7 Å². The van der Waals surface area contributed by atoms with Crippen molar-refractivity contribution >= 4 is 74.3 Å². The summed E-state index contributed by atoms with van der Waals surface area (Å²) in [5.41, 5.74) is -3.33. The number of pyridine rings is 1. The average molecular weight is 1000 g/mol.